The molecule has 0 spiro atoms. The number of anilines is 2. The largest absolute Gasteiger partial charge is 0.457 e. The number of para-hydroxylation sites is 1. The molecule has 1 atom stereocenters. The topological polar surface area (TPSA) is 134 Å². The molecule has 0 unspecified atom stereocenters. The van der Waals surface area contributed by atoms with E-state index in [1.54, 1.807) is 35.0 Å². The highest BCUT2D eigenvalue weighted by atomic mass is 35.5. The molecule has 5 aromatic rings. The van der Waals surface area contributed by atoms with Gasteiger partial charge < -0.3 is 25.6 Å². The van der Waals surface area contributed by atoms with Crippen LogP contribution in [0.2, 0.25) is 5.02 Å². The van der Waals surface area contributed by atoms with Crippen LogP contribution < -0.4 is 15.4 Å². The monoisotopic (exact) mass is 556 g/mol. The first-order valence-electron chi connectivity index (χ1n) is 12.3. The fraction of sp³-hybridized carbons (Fsp3) is 0.103. The highest BCUT2D eigenvalue weighted by Crippen LogP contribution is 2.25. The number of benzene rings is 3. The summed E-state index contributed by atoms with van der Waals surface area (Å²) in [5.41, 5.74) is 2.02. The van der Waals surface area contributed by atoms with Gasteiger partial charge in [-0.1, -0.05) is 41.9 Å². The highest BCUT2D eigenvalue weighted by Gasteiger charge is 2.23. The summed E-state index contributed by atoms with van der Waals surface area (Å²) in [4.78, 5) is 26.0. The van der Waals surface area contributed by atoms with Crippen molar-refractivity contribution in [3.63, 3.8) is 0 Å². The summed E-state index contributed by atoms with van der Waals surface area (Å²) in [6, 6.07) is 22.3. The average molecular weight is 557 g/mol. The van der Waals surface area contributed by atoms with E-state index in [2.05, 4.69) is 25.6 Å². The van der Waals surface area contributed by atoms with Crippen molar-refractivity contribution < 1.29 is 19.7 Å². The fourth-order valence-electron chi connectivity index (χ4n) is 3.92. The fourth-order valence-corrected chi connectivity index (χ4v) is 4.11. The number of nitrogens with zero attached hydrogens (tertiary/aromatic N) is 4. The molecule has 1 amide bonds. The number of imidazole rings is 1. The zero-order chi connectivity index (χ0) is 28.1. The van der Waals surface area contributed by atoms with Gasteiger partial charge in [0.05, 0.1) is 0 Å². The maximum absolute atomic E-state index is 12.9. The van der Waals surface area contributed by atoms with Crippen LogP contribution in [-0.4, -0.2) is 41.9 Å². The zero-order valence-corrected chi connectivity index (χ0v) is 22.0. The van der Waals surface area contributed by atoms with E-state index in [9.17, 15) is 15.0 Å². The minimum atomic E-state index is -1.85. The maximum atomic E-state index is 12.9. The van der Waals surface area contributed by atoms with Gasteiger partial charge in [0.25, 0.3) is 5.91 Å². The average Bonchev–Trinajstić information content (AvgIpc) is 3.44. The number of carbonyl (C=O) groups is 1. The Morgan fingerprint density at radius 3 is 2.45 bits per heavy atom. The second kappa shape index (κ2) is 12.0. The van der Waals surface area contributed by atoms with E-state index in [4.69, 9.17) is 16.3 Å². The van der Waals surface area contributed by atoms with Gasteiger partial charge in [0.1, 0.15) is 35.4 Å². The van der Waals surface area contributed by atoms with Crippen LogP contribution in [0, 0.1) is 6.92 Å². The van der Waals surface area contributed by atoms with Crippen LogP contribution in [0.15, 0.2) is 97.6 Å². The minimum Gasteiger partial charge on any atom is -0.457 e. The number of aryl methyl sites for hydroxylation is 1. The lowest BCUT2D eigenvalue weighted by atomic mass is 10.1. The lowest BCUT2D eigenvalue weighted by Crippen LogP contribution is -2.36. The minimum absolute atomic E-state index is 0.0641. The quantitative estimate of drug-likeness (QED) is 0.187. The molecular formula is C29H25ClN6O4. The van der Waals surface area contributed by atoms with E-state index in [-0.39, 0.29) is 5.69 Å². The first-order valence-corrected chi connectivity index (χ1v) is 12.6. The number of aromatic nitrogens is 4. The Balaban J connectivity index is 1.29. The van der Waals surface area contributed by atoms with E-state index in [0.717, 1.165) is 17.0 Å². The second-order valence-electron chi connectivity index (χ2n) is 8.85. The van der Waals surface area contributed by atoms with Crippen LogP contribution in [-0.2, 0) is 0 Å². The van der Waals surface area contributed by atoms with Crippen molar-refractivity contribution in [3.05, 3.63) is 119 Å². The second-order valence-corrected chi connectivity index (χ2v) is 9.29. The van der Waals surface area contributed by atoms with E-state index < -0.39 is 18.2 Å². The molecule has 0 aliphatic carbocycles. The van der Waals surface area contributed by atoms with Crippen LogP contribution >= 0.6 is 11.6 Å². The van der Waals surface area contributed by atoms with Gasteiger partial charge in [0, 0.05) is 28.7 Å². The molecule has 4 N–H and O–H groups in total. The molecule has 10 nitrogen and oxygen atoms in total. The lowest BCUT2D eigenvalue weighted by molar-refractivity contribution is -0.0661. The predicted molar refractivity (Wildman–Crippen MR) is 150 cm³/mol. The summed E-state index contributed by atoms with van der Waals surface area (Å²) in [5.74, 6) is 1.70. The van der Waals surface area contributed by atoms with E-state index in [1.165, 1.54) is 12.5 Å². The highest BCUT2D eigenvalue weighted by molar-refractivity contribution is 6.30. The van der Waals surface area contributed by atoms with Crippen molar-refractivity contribution in [1.29, 1.82) is 0 Å². The summed E-state index contributed by atoms with van der Waals surface area (Å²) < 4.78 is 7.42. The van der Waals surface area contributed by atoms with Gasteiger partial charge in [-0.2, -0.15) is 4.98 Å². The predicted octanol–water partition coefficient (Wildman–Crippen LogP) is 4.94. The Hall–Kier alpha value is -4.77. The molecule has 5 rings (SSSR count). The molecule has 0 saturated carbocycles. The van der Waals surface area contributed by atoms with Crippen molar-refractivity contribution in [1.82, 2.24) is 24.8 Å². The molecule has 0 saturated heterocycles. The van der Waals surface area contributed by atoms with Crippen LogP contribution in [0.3, 0.4) is 0 Å². The van der Waals surface area contributed by atoms with Crippen LogP contribution in [0.5, 0.6) is 11.5 Å². The number of ether oxygens (including phenoxy) is 1. The third-order valence-corrected chi connectivity index (χ3v) is 6.12. The molecule has 3 aromatic carbocycles. The van der Waals surface area contributed by atoms with Gasteiger partial charge >= 0.3 is 0 Å². The Labute approximate surface area is 234 Å². The normalized spacial score (nSPS) is 11.7. The Morgan fingerprint density at radius 1 is 0.975 bits per heavy atom. The Morgan fingerprint density at radius 2 is 1.73 bits per heavy atom. The molecule has 202 valence electrons. The van der Waals surface area contributed by atoms with Gasteiger partial charge in [-0.25, -0.2) is 9.97 Å². The molecule has 0 bridgehead atoms. The summed E-state index contributed by atoms with van der Waals surface area (Å²) in [7, 11) is 0. The van der Waals surface area contributed by atoms with Crippen LogP contribution in [0.25, 0.3) is 5.82 Å². The third-order valence-electron chi connectivity index (χ3n) is 5.89. The first kappa shape index (κ1) is 26.8. The van der Waals surface area contributed by atoms with Gasteiger partial charge in [-0.05, 0) is 61.0 Å². The number of halogens is 1. The van der Waals surface area contributed by atoms with Crippen molar-refractivity contribution in [2.24, 2.45) is 0 Å². The number of hydrogen-bond donors (Lipinski definition) is 4. The molecule has 40 heavy (non-hydrogen) atoms. The smallest absolute Gasteiger partial charge is 0.272 e. The molecule has 0 fully saturated rings. The summed E-state index contributed by atoms with van der Waals surface area (Å²) in [5, 5.41) is 25.9. The number of nitrogens with one attached hydrogen (secondary N) is 2. The lowest BCUT2D eigenvalue weighted by Gasteiger charge is -2.20. The standard InChI is InChI=1S/C29H25ClN6O4/c1-18-15-31-29(33-21-10-12-23(13-11-21)40-22-8-3-2-4-9-22)35-26(18)36-16-24(32-17-36)27(37)34-25(28(38)39)19-6-5-7-20(30)14-19/h2-17,25,28,38-39H,1H3,(H,34,37)(H,31,33,35)/t25-/m0/s1. The van der Waals surface area contributed by atoms with Crippen LogP contribution in [0.1, 0.15) is 27.7 Å². The number of aliphatic hydroxyl groups is 2. The molecule has 11 heteroatoms. The van der Waals surface area contributed by atoms with Crippen molar-refractivity contribution in [3.8, 4) is 17.3 Å². The molecule has 0 aliphatic rings. The molecule has 2 aromatic heterocycles. The van der Waals surface area contributed by atoms with Crippen molar-refractivity contribution in [2.75, 3.05) is 5.32 Å². The van der Waals surface area contributed by atoms with Crippen LogP contribution in [0.4, 0.5) is 11.6 Å². The Bertz CT molecular complexity index is 1610. The molecule has 0 radical (unpaired) electrons. The zero-order valence-electron chi connectivity index (χ0n) is 21.3. The van der Waals surface area contributed by atoms with Crippen molar-refractivity contribution >= 4 is 29.1 Å². The van der Waals surface area contributed by atoms with Crippen molar-refractivity contribution in [2.45, 2.75) is 19.3 Å². The van der Waals surface area contributed by atoms with Gasteiger partial charge in [0.2, 0.25) is 5.95 Å². The van der Waals surface area contributed by atoms with Gasteiger partial charge in [0.15, 0.2) is 6.29 Å². The summed E-state index contributed by atoms with van der Waals surface area (Å²) in [6.45, 7) is 1.84. The van der Waals surface area contributed by atoms with Gasteiger partial charge in [-0.15, -0.1) is 0 Å². The van der Waals surface area contributed by atoms with E-state index in [0.29, 0.717) is 28.1 Å². The van der Waals surface area contributed by atoms with E-state index >= 15 is 0 Å². The summed E-state index contributed by atoms with van der Waals surface area (Å²) >= 11 is 6.02. The number of rotatable bonds is 9. The number of carbonyl (C=O) groups excluding carboxylic acids is 1. The molecule has 0 aliphatic heterocycles. The number of aliphatic hydroxyl groups excluding tert-OH is 1. The third kappa shape index (κ3) is 6.44. The van der Waals surface area contributed by atoms with Gasteiger partial charge in [-0.3, -0.25) is 9.36 Å². The first-order chi connectivity index (χ1) is 19.4. The van der Waals surface area contributed by atoms with E-state index in [1.807, 2.05) is 61.5 Å². The molecular weight excluding hydrogens is 532 g/mol. The maximum Gasteiger partial charge on any atom is 0.272 e. The number of amides is 1. The Kier molecular flexibility index (Phi) is 8.02. The SMILES string of the molecule is Cc1cnc(Nc2ccc(Oc3ccccc3)cc2)nc1-n1cnc(C(=O)N[C@@H](c2cccc(Cl)c2)C(O)O)c1. The number of hydrogen-bond acceptors (Lipinski definition) is 8. The molecule has 2 heterocycles. The summed E-state index contributed by atoms with van der Waals surface area (Å²) in [6.07, 6.45) is 2.77.